The molecular formula is C39H55N5O3S. The van der Waals surface area contributed by atoms with Crippen LogP contribution in [0, 0.1) is 11.3 Å². The van der Waals surface area contributed by atoms with Crippen LogP contribution >= 0.6 is 11.3 Å². The van der Waals surface area contributed by atoms with Crippen molar-refractivity contribution in [3.8, 4) is 6.07 Å². The maximum atomic E-state index is 14.1. The Labute approximate surface area is 292 Å². The van der Waals surface area contributed by atoms with Crippen molar-refractivity contribution in [2.24, 2.45) is 0 Å². The lowest BCUT2D eigenvalue weighted by Gasteiger charge is -2.33. The first-order valence-electron chi connectivity index (χ1n) is 17.8. The quantitative estimate of drug-likeness (QED) is 0.0889. The molecule has 3 amide bonds. The highest BCUT2D eigenvalue weighted by atomic mass is 32.1. The first kappa shape index (κ1) is 38.7. The Morgan fingerprint density at radius 2 is 1.44 bits per heavy atom. The van der Waals surface area contributed by atoms with Gasteiger partial charge in [-0.2, -0.15) is 10.3 Å². The number of hydrogen-bond acceptors (Lipinski definition) is 7. The Morgan fingerprint density at radius 3 is 1.96 bits per heavy atom. The smallest absolute Gasteiger partial charge is 0.290 e. The summed E-state index contributed by atoms with van der Waals surface area (Å²) in [6, 6.07) is 10.5. The van der Waals surface area contributed by atoms with E-state index >= 15 is 0 Å². The van der Waals surface area contributed by atoms with Gasteiger partial charge in [-0.25, -0.2) is 9.99 Å². The molecule has 0 spiro atoms. The average molecular weight is 674 g/mol. The van der Waals surface area contributed by atoms with E-state index in [2.05, 4.69) is 39.5 Å². The van der Waals surface area contributed by atoms with Gasteiger partial charge in [-0.05, 0) is 43.5 Å². The Bertz CT molecular complexity index is 1480. The van der Waals surface area contributed by atoms with Gasteiger partial charge < -0.3 is 4.90 Å². The van der Waals surface area contributed by atoms with E-state index in [4.69, 9.17) is 4.98 Å². The van der Waals surface area contributed by atoms with Gasteiger partial charge in [-0.3, -0.25) is 14.4 Å². The van der Waals surface area contributed by atoms with E-state index in [-0.39, 0.29) is 16.6 Å². The second kappa shape index (κ2) is 18.7. The van der Waals surface area contributed by atoms with Crippen molar-refractivity contribution < 1.29 is 14.4 Å². The van der Waals surface area contributed by atoms with Gasteiger partial charge in [0, 0.05) is 36.7 Å². The van der Waals surface area contributed by atoms with Gasteiger partial charge >= 0.3 is 0 Å². The van der Waals surface area contributed by atoms with Crippen LogP contribution in [-0.4, -0.2) is 52.9 Å². The molecule has 9 heteroatoms. The number of carbonyl (C=O) groups is 3. The van der Waals surface area contributed by atoms with Crippen LogP contribution in [0.4, 0.5) is 5.13 Å². The third kappa shape index (κ3) is 10.1. The fourth-order valence-electron chi connectivity index (χ4n) is 5.89. The SMILES string of the molecule is CCCCCCCCN(CCCCCCCC)c1nc(C(C)(C)C)c(/C=C2\C(=O)N(N(C)C(=O)c3ccccc3)C(=O)C(C#N)=C2C)s1. The van der Waals surface area contributed by atoms with E-state index < -0.39 is 17.7 Å². The van der Waals surface area contributed by atoms with Gasteiger partial charge in [0.05, 0.1) is 10.6 Å². The zero-order chi connectivity index (χ0) is 35.3. The van der Waals surface area contributed by atoms with E-state index in [9.17, 15) is 19.6 Å². The Morgan fingerprint density at radius 1 is 0.896 bits per heavy atom. The van der Waals surface area contributed by atoms with Crippen LogP contribution in [0.5, 0.6) is 0 Å². The minimum absolute atomic E-state index is 0.164. The zero-order valence-electron chi connectivity index (χ0n) is 30.2. The highest BCUT2D eigenvalue weighted by Crippen LogP contribution is 2.38. The number of hydrogen-bond donors (Lipinski definition) is 0. The van der Waals surface area contributed by atoms with Crippen molar-refractivity contribution in [3.05, 3.63) is 63.2 Å². The van der Waals surface area contributed by atoms with Crippen LogP contribution in [0.2, 0.25) is 0 Å². The number of nitrogens with zero attached hydrogens (tertiary/aromatic N) is 5. The van der Waals surface area contributed by atoms with Gasteiger partial charge in [-0.1, -0.05) is 128 Å². The van der Waals surface area contributed by atoms with E-state index in [1.807, 2.05) is 6.07 Å². The van der Waals surface area contributed by atoms with Crippen LogP contribution in [0.15, 0.2) is 47.1 Å². The first-order chi connectivity index (χ1) is 23.0. The predicted molar refractivity (Wildman–Crippen MR) is 196 cm³/mol. The summed E-state index contributed by atoms with van der Waals surface area (Å²) in [6.07, 6.45) is 16.4. The van der Waals surface area contributed by atoms with Gasteiger partial charge in [-0.15, -0.1) is 0 Å². The molecule has 0 N–H and O–H groups in total. The zero-order valence-corrected chi connectivity index (χ0v) is 31.0. The predicted octanol–water partition coefficient (Wildman–Crippen LogP) is 9.25. The molecule has 0 bridgehead atoms. The summed E-state index contributed by atoms with van der Waals surface area (Å²) in [5.41, 5.74) is 1.21. The van der Waals surface area contributed by atoms with Crippen molar-refractivity contribution in [1.29, 1.82) is 5.26 Å². The molecule has 260 valence electrons. The minimum Gasteiger partial charge on any atom is -0.348 e. The lowest BCUT2D eigenvalue weighted by molar-refractivity contribution is -0.153. The van der Waals surface area contributed by atoms with Crippen LogP contribution < -0.4 is 4.90 Å². The summed E-state index contributed by atoms with van der Waals surface area (Å²) in [5.74, 6) is -1.98. The summed E-state index contributed by atoms with van der Waals surface area (Å²) in [7, 11) is 1.38. The number of thiazole rings is 1. The number of benzene rings is 1. The van der Waals surface area contributed by atoms with Crippen molar-refractivity contribution in [3.63, 3.8) is 0 Å². The molecule has 0 radical (unpaired) electrons. The second-order valence-electron chi connectivity index (χ2n) is 13.8. The van der Waals surface area contributed by atoms with Gasteiger partial charge in [0.15, 0.2) is 5.13 Å². The Hall–Kier alpha value is -3.77. The minimum atomic E-state index is -0.811. The maximum absolute atomic E-state index is 14.1. The summed E-state index contributed by atoms with van der Waals surface area (Å²) in [6.45, 7) is 14.3. The summed E-state index contributed by atoms with van der Waals surface area (Å²) < 4.78 is 0. The monoisotopic (exact) mass is 673 g/mol. The molecule has 2 aromatic rings. The van der Waals surface area contributed by atoms with E-state index in [1.165, 1.54) is 71.3 Å². The van der Waals surface area contributed by atoms with E-state index in [0.717, 1.165) is 51.7 Å². The maximum Gasteiger partial charge on any atom is 0.290 e. The number of amides is 3. The molecule has 48 heavy (non-hydrogen) atoms. The molecule has 8 nitrogen and oxygen atoms in total. The Kier molecular flexibility index (Phi) is 15.1. The number of hydrazine groups is 1. The van der Waals surface area contributed by atoms with Crippen LogP contribution in [0.3, 0.4) is 0 Å². The molecule has 0 atom stereocenters. The lowest BCUT2D eigenvalue weighted by atomic mass is 9.89. The molecule has 0 fully saturated rings. The average Bonchev–Trinajstić information content (AvgIpc) is 3.50. The lowest BCUT2D eigenvalue weighted by Crippen LogP contribution is -2.53. The topological polar surface area (TPSA) is 97.6 Å². The molecule has 1 aromatic heterocycles. The summed E-state index contributed by atoms with van der Waals surface area (Å²) >= 11 is 1.56. The number of aromatic nitrogens is 1. The second-order valence-corrected chi connectivity index (χ2v) is 14.8. The Balaban J connectivity index is 2.00. The third-order valence-electron chi connectivity index (χ3n) is 8.80. The number of imide groups is 1. The molecule has 2 heterocycles. The number of rotatable bonds is 18. The number of nitriles is 1. The van der Waals surface area contributed by atoms with Crippen LogP contribution in [-0.2, 0) is 15.0 Å². The fraction of sp³-hybridized carbons (Fsp3) is 0.564. The van der Waals surface area contributed by atoms with Crippen LogP contribution in [0.25, 0.3) is 6.08 Å². The molecule has 1 aliphatic rings. The normalized spacial score (nSPS) is 14.5. The van der Waals surface area contributed by atoms with Gasteiger partial charge in [0.1, 0.15) is 11.6 Å². The van der Waals surface area contributed by atoms with E-state index in [0.29, 0.717) is 11.1 Å². The molecule has 0 saturated carbocycles. The molecular weight excluding hydrogens is 619 g/mol. The van der Waals surface area contributed by atoms with Gasteiger partial charge in [0.25, 0.3) is 17.7 Å². The molecule has 1 aromatic carbocycles. The highest BCUT2D eigenvalue weighted by molar-refractivity contribution is 7.16. The van der Waals surface area contributed by atoms with E-state index in [1.54, 1.807) is 54.7 Å². The summed E-state index contributed by atoms with van der Waals surface area (Å²) in [4.78, 5) is 49.2. The highest BCUT2D eigenvalue weighted by Gasteiger charge is 2.40. The largest absolute Gasteiger partial charge is 0.348 e. The standard InChI is InChI=1S/C39H55N5O3S/c1-8-10-12-14-16-21-25-43(26-22-17-15-13-11-9-2)38-41-34(39(4,5)6)33(48-38)27-31-29(3)32(28-40)37(47)44(36(31)46)42(7)35(45)30-23-19-18-20-24-30/h18-20,23-24,27H,8-17,21-22,25-26H2,1-7H3/b31-27-. The number of unbranched alkanes of at least 4 members (excludes halogenated alkanes) is 10. The van der Waals surface area contributed by atoms with Crippen LogP contribution in [0.1, 0.15) is 140 Å². The third-order valence-corrected chi connectivity index (χ3v) is 9.86. The molecule has 3 rings (SSSR count). The fourth-order valence-corrected chi connectivity index (χ4v) is 7.16. The molecule has 1 aliphatic heterocycles. The molecule has 0 unspecified atom stereocenters. The van der Waals surface area contributed by atoms with Crippen molar-refractivity contribution in [2.75, 3.05) is 25.0 Å². The number of anilines is 1. The van der Waals surface area contributed by atoms with Gasteiger partial charge in [0.2, 0.25) is 0 Å². The van der Waals surface area contributed by atoms with Crippen molar-refractivity contribution in [1.82, 2.24) is 15.0 Å². The van der Waals surface area contributed by atoms with Crippen molar-refractivity contribution >= 4 is 40.3 Å². The summed E-state index contributed by atoms with van der Waals surface area (Å²) in [5, 5.41) is 12.7. The first-order valence-corrected chi connectivity index (χ1v) is 18.6. The molecule has 0 saturated heterocycles. The van der Waals surface area contributed by atoms with Crippen molar-refractivity contribution in [2.45, 2.75) is 124 Å². The molecule has 0 aliphatic carbocycles. The number of carbonyl (C=O) groups excluding carboxylic acids is 3.